The maximum atomic E-state index is 12.4. The summed E-state index contributed by atoms with van der Waals surface area (Å²) in [4.78, 5) is 12.4. The van der Waals surface area contributed by atoms with Gasteiger partial charge in [-0.15, -0.1) is 0 Å². The second kappa shape index (κ2) is 43.0. The topological polar surface area (TPSA) is 89.8 Å². The van der Waals surface area contributed by atoms with Crippen molar-refractivity contribution in [2.75, 3.05) is 6.61 Å². The standard InChI is InChI=1S/C48H89NO4/c1-3-5-7-9-11-13-14-15-16-17-18-19-20-21-22-23-24-25-26-27-28-29-30-31-32-33-35-37-39-41-43-47(52)48(53)49-45(44-50)46(51)42-40-38-36-34-12-10-8-6-4-2/h4,6,12,21-22,34,40,42,45-47,50-52H,3,5,7-11,13-20,23-33,35-39,41,43-44H2,1-2H3,(H,49,53)/b6-4+,22-21-,34-12+,42-40+. The Morgan fingerprint density at radius 3 is 1.26 bits per heavy atom. The lowest BCUT2D eigenvalue weighted by atomic mass is 10.0. The molecular formula is C48H89NO4. The summed E-state index contributed by atoms with van der Waals surface area (Å²) in [6, 6.07) is -0.819. The van der Waals surface area contributed by atoms with Crippen LogP contribution < -0.4 is 5.32 Å². The highest BCUT2D eigenvalue weighted by Crippen LogP contribution is 2.16. The molecule has 3 unspecified atom stereocenters. The molecule has 0 saturated carbocycles. The number of carbonyl (C=O) groups excluding carboxylic acids is 1. The minimum atomic E-state index is -1.11. The molecule has 5 nitrogen and oxygen atoms in total. The third-order valence-electron chi connectivity index (χ3n) is 10.5. The molecule has 0 saturated heterocycles. The van der Waals surface area contributed by atoms with Crippen molar-refractivity contribution in [2.24, 2.45) is 0 Å². The number of nitrogens with one attached hydrogen (secondary N) is 1. The fraction of sp³-hybridized carbons (Fsp3) is 0.812. The molecule has 1 amide bonds. The second-order valence-electron chi connectivity index (χ2n) is 15.6. The quantitative estimate of drug-likeness (QED) is 0.0371. The van der Waals surface area contributed by atoms with Crippen molar-refractivity contribution in [1.82, 2.24) is 5.32 Å². The molecular weight excluding hydrogens is 655 g/mol. The molecule has 0 fully saturated rings. The van der Waals surface area contributed by atoms with Crippen LogP contribution in [0.15, 0.2) is 48.6 Å². The van der Waals surface area contributed by atoms with Crippen LogP contribution in [-0.4, -0.2) is 46.1 Å². The molecule has 3 atom stereocenters. The van der Waals surface area contributed by atoms with E-state index in [0.717, 1.165) is 44.9 Å². The number of aliphatic hydroxyl groups excluding tert-OH is 3. The molecule has 0 aliphatic carbocycles. The fourth-order valence-corrected chi connectivity index (χ4v) is 6.87. The van der Waals surface area contributed by atoms with E-state index in [1.807, 2.05) is 13.0 Å². The highest BCUT2D eigenvalue weighted by Gasteiger charge is 2.22. The van der Waals surface area contributed by atoms with Crippen LogP contribution in [0.4, 0.5) is 0 Å². The van der Waals surface area contributed by atoms with Crippen molar-refractivity contribution >= 4 is 5.91 Å². The number of carbonyl (C=O) groups is 1. The van der Waals surface area contributed by atoms with Gasteiger partial charge in [-0.3, -0.25) is 4.79 Å². The number of aliphatic hydroxyl groups is 3. The van der Waals surface area contributed by atoms with Crippen molar-refractivity contribution in [3.63, 3.8) is 0 Å². The Hall–Kier alpha value is -1.69. The minimum absolute atomic E-state index is 0.382. The van der Waals surface area contributed by atoms with Gasteiger partial charge in [-0.2, -0.15) is 0 Å². The van der Waals surface area contributed by atoms with Crippen molar-refractivity contribution in [1.29, 1.82) is 0 Å². The molecule has 0 heterocycles. The highest BCUT2D eigenvalue weighted by atomic mass is 16.3. The van der Waals surface area contributed by atoms with Crippen LogP contribution in [0.25, 0.3) is 0 Å². The predicted molar refractivity (Wildman–Crippen MR) is 231 cm³/mol. The summed E-state index contributed by atoms with van der Waals surface area (Å²) in [6.07, 6.45) is 56.2. The first kappa shape index (κ1) is 51.3. The Bertz CT molecular complexity index is 866. The van der Waals surface area contributed by atoms with Gasteiger partial charge in [0.2, 0.25) is 5.91 Å². The normalized spacial score (nSPS) is 14.0. The molecule has 0 aromatic heterocycles. The maximum absolute atomic E-state index is 12.4. The summed E-state index contributed by atoms with van der Waals surface area (Å²) < 4.78 is 0. The molecule has 0 aliphatic rings. The van der Waals surface area contributed by atoms with Crippen molar-refractivity contribution in [3.05, 3.63) is 48.6 Å². The monoisotopic (exact) mass is 744 g/mol. The zero-order chi connectivity index (χ0) is 38.7. The second-order valence-corrected chi connectivity index (χ2v) is 15.6. The van der Waals surface area contributed by atoms with Crippen molar-refractivity contribution < 1.29 is 20.1 Å². The molecule has 0 aromatic rings. The van der Waals surface area contributed by atoms with Crippen molar-refractivity contribution in [2.45, 2.75) is 244 Å². The Kier molecular flexibility index (Phi) is 41.7. The number of unbranched alkanes of at least 4 members (excludes halogenated alkanes) is 28. The summed E-state index contributed by atoms with van der Waals surface area (Å²) in [5, 5.41) is 32.9. The van der Waals surface area contributed by atoms with Gasteiger partial charge in [0.1, 0.15) is 6.10 Å². The van der Waals surface area contributed by atoms with Crippen LogP contribution in [0, 0.1) is 0 Å². The zero-order valence-corrected chi connectivity index (χ0v) is 35.1. The summed E-state index contributed by atoms with van der Waals surface area (Å²) in [5.74, 6) is -0.520. The summed E-state index contributed by atoms with van der Waals surface area (Å²) in [5.41, 5.74) is 0. The third kappa shape index (κ3) is 38.4. The average molecular weight is 744 g/mol. The van der Waals surface area contributed by atoms with E-state index < -0.39 is 24.2 Å². The van der Waals surface area contributed by atoms with Crippen molar-refractivity contribution in [3.8, 4) is 0 Å². The van der Waals surface area contributed by atoms with Crippen LogP contribution in [-0.2, 0) is 4.79 Å². The van der Waals surface area contributed by atoms with E-state index in [2.05, 4.69) is 48.7 Å². The molecule has 5 heteroatoms. The van der Waals surface area contributed by atoms with E-state index in [0.29, 0.717) is 6.42 Å². The lowest BCUT2D eigenvalue weighted by Gasteiger charge is -2.21. The number of hydrogen-bond donors (Lipinski definition) is 4. The summed E-state index contributed by atoms with van der Waals surface area (Å²) >= 11 is 0. The van der Waals surface area contributed by atoms with Gasteiger partial charge in [0, 0.05) is 0 Å². The van der Waals surface area contributed by atoms with Gasteiger partial charge in [-0.25, -0.2) is 0 Å². The molecule has 310 valence electrons. The number of hydrogen-bond acceptors (Lipinski definition) is 4. The van der Waals surface area contributed by atoms with Gasteiger partial charge in [0.25, 0.3) is 0 Å². The summed E-state index contributed by atoms with van der Waals surface area (Å²) in [6.45, 7) is 3.93. The van der Waals surface area contributed by atoms with E-state index in [1.54, 1.807) is 6.08 Å². The molecule has 0 bridgehead atoms. The Morgan fingerprint density at radius 1 is 0.491 bits per heavy atom. The fourth-order valence-electron chi connectivity index (χ4n) is 6.87. The van der Waals surface area contributed by atoms with E-state index in [4.69, 9.17) is 0 Å². The van der Waals surface area contributed by atoms with Crippen LogP contribution in [0.2, 0.25) is 0 Å². The van der Waals surface area contributed by atoms with Gasteiger partial charge in [-0.1, -0.05) is 210 Å². The minimum Gasteiger partial charge on any atom is -0.394 e. The third-order valence-corrected chi connectivity index (χ3v) is 10.5. The lowest BCUT2D eigenvalue weighted by molar-refractivity contribution is -0.131. The molecule has 0 radical (unpaired) electrons. The zero-order valence-electron chi connectivity index (χ0n) is 35.1. The smallest absolute Gasteiger partial charge is 0.249 e. The van der Waals surface area contributed by atoms with E-state index >= 15 is 0 Å². The number of rotatable bonds is 41. The largest absolute Gasteiger partial charge is 0.394 e. The average Bonchev–Trinajstić information content (AvgIpc) is 3.16. The Morgan fingerprint density at radius 2 is 0.849 bits per heavy atom. The Balaban J connectivity index is 3.52. The van der Waals surface area contributed by atoms with Crippen LogP contribution in [0.3, 0.4) is 0 Å². The highest BCUT2D eigenvalue weighted by molar-refractivity contribution is 5.80. The van der Waals surface area contributed by atoms with Gasteiger partial charge < -0.3 is 20.6 Å². The van der Waals surface area contributed by atoms with Gasteiger partial charge >= 0.3 is 0 Å². The van der Waals surface area contributed by atoms with E-state index in [1.165, 1.54) is 161 Å². The molecule has 0 aliphatic heterocycles. The SMILES string of the molecule is C/C=C/CC/C=C/CC/C=C/C(O)C(CO)NC(=O)C(O)CCCCCCCCCCCCCCCC/C=C\CCCCCCCCCCCCCC. The molecule has 53 heavy (non-hydrogen) atoms. The van der Waals surface area contributed by atoms with E-state index in [9.17, 15) is 20.1 Å². The molecule has 0 spiro atoms. The van der Waals surface area contributed by atoms with E-state index in [-0.39, 0.29) is 6.61 Å². The maximum Gasteiger partial charge on any atom is 0.249 e. The van der Waals surface area contributed by atoms with Crippen LogP contribution in [0.5, 0.6) is 0 Å². The molecule has 4 N–H and O–H groups in total. The molecule has 0 aromatic carbocycles. The lowest BCUT2D eigenvalue weighted by Crippen LogP contribution is -2.48. The number of allylic oxidation sites excluding steroid dienone is 7. The number of amides is 1. The first-order valence-electron chi connectivity index (χ1n) is 22.9. The predicted octanol–water partition coefficient (Wildman–Crippen LogP) is 13.3. The molecule has 0 rings (SSSR count). The summed E-state index contributed by atoms with van der Waals surface area (Å²) in [7, 11) is 0. The van der Waals surface area contributed by atoms with Gasteiger partial charge in [0.15, 0.2) is 0 Å². The van der Waals surface area contributed by atoms with Crippen LogP contribution >= 0.6 is 0 Å². The van der Waals surface area contributed by atoms with Crippen LogP contribution in [0.1, 0.15) is 226 Å². The van der Waals surface area contributed by atoms with Gasteiger partial charge in [0.05, 0.1) is 18.8 Å². The first-order chi connectivity index (χ1) is 26.1. The van der Waals surface area contributed by atoms with Gasteiger partial charge in [-0.05, 0) is 64.7 Å². The first-order valence-corrected chi connectivity index (χ1v) is 22.9. The Labute approximate surface area is 329 Å².